The van der Waals surface area contributed by atoms with Crippen LogP contribution in [0.2, 0.25) is 5.02 Å². The lowest BCUT2D eigenvalue weighted by atomic mass is 10.1. The average Bonchev–Trinajstić information content (AvgIpc) is 3.59. The lowest BCUT2D eigenvalue weighted by Crippen LogP contribution is -2.29. The van der Waals surface area contributed by atoms with Gasteiger partial charge in [-0.05, 0) is 49.1 Å². The molecule has 0 saturated heterocycles. The number of nitrogens with one attached hydrogen (secondary N) is 1. The Balaban J connectivity index is 1.24. The second-order valence-corrected chi connectivity index (χ2v) is 7.88. The summed E-state index contributed by atoms with van der Waals surface area (Å²) in [5.74, 6) is 1.96. The van der Waals surface area contributed by atoms with Gasteiger partial charge in [-0.3, -0.25) is 0 Å². The zero-order valence-electron chi connectivity index (χ0n) is 14.4. The van der Waals surface area contributed by atoms with Crippen LogP contribution in [-0.2, 0) is 5.41 Å². The molecule has 2 aliphatic carbocycles. The first-order valence-corrected chi connectivity index (χ1v) is 9.50. The maximum atomic E-state index is 6.00. The Morgan fingerprint density at radius 1 is 1.04 bits per heavy atom. The molecule has 1 unspecified atom stereocenters. The quantitative estimate of drug-likeness (QED) is 0.695. The highest BCUT2D eigenvalue weighted by Gasteiger charge is 2.50. The Bertz CT molecular complexity index is 903. The summed E-state index contributed by atoms with van der Waals surface area (Å²) in [6.07, 6.45) is 3.41. The smallest absolute Gasteiger partial charge is 0.247 e. The Morgan fingerprint density at radius 3 is 2.54 bits per heavy atom. The fraction of sp³-hybridized carbons (Fsp3) is 0.333. The molecule has 2 fully saturated rings. The van der Waals surface area contributed by atoms with E-state index in [0.29, 0.717) is 22.9 Å². The predicted octanol–water partition coefficient (Wildman–Crippen LogP) is 4.57. The van der Waals surface area contributed by atoms with E-state index < -0.39 is 0 Å². The van der Waals surface area contributed by atoms with Crippen LogP contribution in [-0.4, -0.2) is 22.8 Å². The monoisotopic (exact) mass is 365 g/mol. The molecule has 1 N–H and O–H groups in total. The predicted molar refractivity (Wildman–Crippen MR) is 101 cm³/mol. The van der Waals surface area contributed by atoms with Gasteiger partial charge >= 0.3 is 0 Å². The van der Waals surface area contributed by atoms with Gasteiger partial charge in [0.25, 0.3) is 0 Å². The molecule has 3 aromatic rings. The Hall–Kier alpha value is -2.17. The number of rotatable bonds is 6. The van der Waals surface area contributed by atoms with Crippen LogP contribution < -0.4 is 5.32 Å². The topological polar surface area (TPSA) is 51.0 Å². The summed E-state index contributed by atoms with van der Waals surface area (Å²) in [7, 11) is 0. The van der Waals surface area contributed by atoms with Gasteiger partial charge in [-0.1, -0.05) is 41.9 Å². The van der Waals surface area contributed by atoms with Gasteiger partial charge in [0.05, 0.1) is 5.41 Å². The van der Waals surface area contributed by atoms with Gasteiger partial charge in [-0.15, -0.1) is 10.2 Å². The summed E-state index contributed by atoms with van der Waals surface area (Å²) in [6.45, 7) is 0.906. The van der Waals surface area contributed by atoms with Crippen LogP contribution in [0.15, 0.2) is 59.0 Å². The van der Waals surface area contributed by atoms with Crippen LogP contribution in [0, 0.1) is 0 Å². The van der Waals surface area contributed by atoms with E-state index in [-0.39, 0.29) is 5.41 Å². The van der Waals surface area contributed by atoms with Gasteiger partial charge in [0.15, 0.2) is 0 Å². The third-order valence-electron chi connectivity index (χ3n) is 5.54. The SMILES string of the molecule is Clc1ccc(-c2nnc(C3(CN[C@H]4CC4c4ccccc4)CC3)o2)cc1. The molecule has 132 valence electrons. The largest absolute Gasteiger partial charge is 0.420 e. The molecule has 0 bridgehead atoms. The van der Waals surface area contributed by atoms with Gasteiger partial charge < -0.3 is 9.73 Å². The molecule has 1 aromatic heterocycles. The normalized spacial score (nSPS) is 23.0. The van der Waals surface area contributed by atoms with E-state index in [2.05, 4.69) is 45.8 Å². The maximum absolute atomic E-state index is 6.00. The molecule has 2 atom stereocenters. The van der Waals surface area contributed by atoms with E-state index in [0.717, 1.165) is 30.8 Å². The number of benzene rings is 2. The lowest BCUT2D eigenvalue weighted by Gasteiger charge is -2.12. The van der Waals surface area contributed by atoms with Crippen molar-refractivity contribution in [2.45, 2.75) is 36.6 Å². The van der Waals surface area contributed by atoms with Crippen molar-refractivity contribution in [3.05, 3.63) is 71.1 Å². The van der Waals surface area contributed by atoms with Crippen LogP contribution in [0.4, 0.5) is 0 Å². The van der Waals surface area contributed by atoms with Gasteiger partial charge in [0.1, 0.15) is 0 Å². The summed E-state index contributed by atoms with van der Waals surface area (Å²) in [5.41, 5.74) is 2.35. The number of aromatic nitrogens is 2. The van der Waals surface area contributed by atoms with Gasteiger partial charge in [0, 0.05) is 29.1 Å². The van der Waals surface area contributed by atoms with E-state index in [1.807, 2.05) is 24.3 Å². The highest BCUT2D eigenvalue weighted by molar-refractivity contribution is 6.30. The molecule has 4 nitrogen and oxygen atoms in total. The molecular weight excluding hydrogens is 346 g/mol. The zero-order valence-corrected chi connectivity index (χ0v) is 15.1. The van der Waals surface area contributed by atoms with Gasteiger partial charge in [0.2, 0.25) is 11.8 Å². The van der Waals surface area contributed by atoms with E-state index in [4.69, 9.17) is 16.0 Å². The Morgan fingerprint density at radius 2 is 1.81 bits per heavy atom. The van der Waals surface area contributed by atoms with Gasteiger partial charge in [-0.2, -0.15) is 0 Å². The molecule has 26 heavy (non-hydrogen) atoms. The Kier molecular flexibility index (Phi) is 3.84. The molecule has 0 spiro atoms. The molecule has 2 saturated carbocycles. The van der Waals surface area contributed by atoms with E-state index in [9.17, 15) is 0 Å². The van der Waals surface area contributed by atoms with Crippen LogP contribution >= 0.6 is 11.6 Å². The zero-order chi connectivity index (χ0) is 17.6. The summed E-state index contributed by atoms with van der Waals surface area (Å²) < 4.78 is 6.00. The summed E-state index contributed by atoms with van der Waals surface area (Å²) in [5, 5.41) is 13.0. The van der Waals surface area contributed by atoms with Crippen molar-refractivity contribution in [2.75, 3.05) is 6.54 Å². The Labute approximate surface area is 157 Å². The summed E-state index contributed by atoms with van der Waals surface area (Å²) in [4.78, 5) is 0. The fourth-order valence-corrected chi connectivity index (χ4v) is 3.71. The molecular formula is C21H20ClN3O. The maximum Gasteiger partial charge on any atom is 0.247 e. The van der Waals surface area contributed by atoms with E-state index in [1.165, 1.54) is 12.0 Å². The van der Waals surface area contributed by atoms with Crippen LogP contribution in [0.5, 0.6) is 0 Å². The van der Waals surface area contributed by atoms with Crippen molar-refractivity contribution >= 4 is 11.6 Å². The standard InChI is InChI=1S/C21H20ClN3O/c22-16-8-6-15(7-9-16)19-24-25-20(26-19)21(10-11-21)13-23-18-12-17(18)14-4-2-1-3-5-14/h1-9,17-18,23H,10-13H2/t17?,18-/m0/s1. The minimum absolute atomic E-state index is 0.0154. The van der Waals surface area contributed by atoms with Crippen LogP contribution in [0.25, 0.3) is 11.5 Å². The minimum atomic E-state index is 0.0154. The average molecular weight is 366 g/mol. The molecule has 0 radical (unpaired) electrons. The first-order chi connectivity index (χ1) is 12.7. The molecule has 5 rings (SSSR count). The van der Waals surface area contributed by atoms with Crippen molar-refractivity contribution in [3.8, 4) is 11.5 Å². The third-order valence-corrected chi connectivity index (χ3v) is 5.80. The molecule has 5 heteroatoms. The summed E-state index contributed by atoms with van der Waals surface area (Å²) >= 11 is 5.94. The van der Waals surface area contributed by atoms with Crippen molar-refractivity contribution in [1.82, 2.24) is 15.5 Å². The number of hydrogen-bond donors (Lipinski definition) is 1. The fourth-order valence-electron chi connectivity index (χ4n) is 3.58. The van der Waals surface area contributed by atoms with Crippen molar-refractivity contribution in [3.63, 3.8) is 0 Å². The van der Waals surface area contributed by atoms with Crippen molar-refractivity contribution < 1.29 is 4.42 Å². The van der Waals surface area contributed by atoms with E-state index in [1.54, 1.807) is 0 Å². The van der Waals surface area contributed by atoms with Crippen LogP contribution in [0.1, 0.15) is 36.6 Å². The second kappa shape index (κ2) is 6.22. The first-order valence-electron chi connectivity index (χ1n) is 9.12. The molecule has 0 amide bonds. The number of hydrogen-bond acceptors (Lipinski definition) is 4. The number of nitrogens with zero attached hydrogens (tertiary/aromatic N) is 2. The highest BCUT2D eigenvalue weighted by Crippen LogP contribution is 2.49. The molecule has 2 aliphatic rings. The highest BCUT2D eigenvalue weighted by atomic mass is 35.5. The minimum Gasteiger partial charge on any atom is -0.420 e. The molecule has 2 aromatic carbocycles. The first kappa shape index (κ1) is 16.0. The third kappa shape index (κ3) is 3.04. The summed E-state index contributed by atoms with van der Waals surface area (Å²) in [6, 6.07) is 18.8. The van der Waals surface area contributed by atoms with Crippen molar-refractivity contribution in [1.29, 1.82) is 0 Å². The van der Waals surface area contributed by atoms with Crippen LogP contribution in [0.3, 0.4) is 0 Å². The van der Waals surface area contributed by atoms with E-state index >= 15 is 0 Å². The molecule has 0 aliphatic heterocycles. The van der Waals surface area contributed by atoms with Gasteiger partial charge in [-0.25, -0.2) is 0 Å². The van der Waals surface area contributed by atoms with Crippen molar-refractivity contribution in [2.24, 2.45) is 0 Å². The lowest BCUT2D eigenvalue weighted by molar-refractivity contribution is 0.422. The number of halogens is 1. The second-order valence-electron chi connectivity index (χ2n) is 7.44. The molecule has 1 heterocycles.